The van der Waals surface area contributed by atoms with Gasteiger partial charge in [0.15, 0.2) is 0 Å². The van der Waals surface area contributed by atoms with E-state index in [1.165, 1.54) is 44.9 Å². The fraction of sp³-hybridized carbons (Fsp3) is 0.966. The fourth-order valence-corrected chi connectivity index (χ4v) is 10.3. The van der Waals surface area contributed by atoms with Crippen molar-refractivity contribution in [2.45, 2.75) is 136 Å². The van der Waals surface area contributed by atoms with Gasteiger partial charge in [-0.25, -0.2) is 0 Å². The molecule has 3 nitrogen and oxygen atoms in total. The highest BCUT2D eigenvalue weighted by Gasteiger charge is 2.89. The number of ether oxygens (including phenoxy) is 2. The van der Waals surface area contributed by atoms with Crippen molar-refractivity contribution in [3.8, 4) is 0 Å². The molecule has 3 aliphatic carbocycles. The standard InChI is InChI=1S/C29H48O3/c1-19(2)9-8-10-20(3)22-11-15-27(7)25(22,5)17-18-28-26(6)14-13-24(30)31-21(4)23(26)12-16-29(27,28)32-28/h19-23H,8-18H2,1-7H3. The highest BCUT2D eigenvalue weighted by atomic mass is 16.6. The summed E-state index contributed by atoms with van der Waals surface area (Å²) in [5.74, 6) is 2.87. The minimum atomic E-state index is -0.0326. The van der Waals surface area contributed by atoms with Gasteiger partial charge >= 0.3 is 5.97 Å². The Balaban J connectivity index is 1.44. The molecular weight excluding hydrogens is 396 g/mol. The summed E-state index contributed by atoms with van der Waals surface area (Å²) >= 11 is 0. The average Bonchev–Trinajstić information content (AvgIpc) is 3.37. The van der Waals surface area contributed by atoms with E-state index < -0.39 is 0 Å². The lowest BCUT2D eigenvalue weighted by Crippen LogP contribution is -2.63. The van der Waals surface area contributed by atoms with Crippen LogP contribution in [0.2, 0.25) is 0 Å². The van der Waals surface area contributed by atoms with Crippen LogP contribution in [-0.2, 0) is 14.3 Å². The number of carbonyl (C=O) groups excluding carboxylic acids is 1. The van der Waals surface area contributed by atoms with Crippen molar-refractivity contribution in [3.63, 3.8) is 0 Å². The molecule has 182 valence electrons. The Morgan fingerprint density at radius 1 is 0.906 bits per heavy atom. The van der Waals surface area contributed by atoms with Gasteiger partial charge in [0.1, 0.15) is 17.3 Å². The first-order valence-electron chi connectivity index (χ1n) is 13.9. The van der Waals surface area contributed by atoms with E-state index in [2.05, 4.69) is 48.5 Å². The SMILES string of the molecule is CC(C)CCCC(C)C1CCC2(C)C1(C)CCC13OC21CCC1C(C)OC(=O)CCC13C. The fourth-order valence-electron chi connectivity index (χ4n) is 10.3. The molecule has 2 heterocycles. The predicted molar refractivity (Wildman–Crippen MR) is 128 cm³/mol. The van der Waals surface area contributed by atoms with E-state index in [0.717, 1.165) is 37.0 Å². The van der Waals surface area contributed by atoms with Gasteiger partial charge in [-0.3, -0.25) is 4.79 Å². The lowest BCUT2D eigenvalue weighted by atomic mass is 9.41. The summed E-state index contributed by atoms with van der Waals surface area (Å²) in [5, 5.41) is 0. The van der Waals surface area contributed by atoms with Gasteiger partial charge < -0.3 is 9.47 Å². The molecule has 5 aliphatic rings. The van der Waals surface area contributed by atoms with Crippen molar-refractivity contribution in [3.05, 3.63) is 0 Å². The molecule has 3 saturated carbocycles. The maximum absolute atomic E-state index is 12.3. The molecule has 2 saturated heterocycles. The number of hydrogen-bond acceptors (Lipinski definition) is 3. The summed E-state index contributed by atoms with van der Waals surface area (Å²) in [6.45, 7) is 17.1. The molecule has 0 aromatic carbocycles. The second-order valence-corrected chi connectivity index (χ2v) is 13.7. The molecule has 2 aliphatic heterocycles. The molecule has 0 spiro atoms. The van der Waals surface area contributed by atoms with Crippen LogP contribution >= 0.6 is 0 Å². The quantitative estimate of drug-likeness (QED) is 0.329. The smallest absolute Gasteiger partial charge is 0.306 e. The number of hydrogen-bond donors (Lipinski definition) is 0. The van der Waals surface area contributed by atoms with Crippen LogP contribution in [0.1, 0.15) is 119 Å². The molecule has 9 unspecified atom stereocenters. The van der Waals surface area contributed by atoms with Crippen LogP contribution in [0.4, 0.5) is 0 Å². The summed E-state index contributed by atoms with van der Waals surface area (Å²) in [6.07, 6.45) is 13.1. The Kier molecular flexibility index (Phi) is 5.23. The molecule has 32 heavy (non-hydrogen) atoms. The Morgan fingerprint density at radius 3 is 2.38 bits per heavy atom. The van der Waals surface area contributed by atoms with Crippen LogP contribution in [-0.4, -0.2) is 23.3 Å². The average molecular weight is 445 g/mol. The predicted octanol–water partition coefficient (Wildman–Crippen LogP) is 7.31. The topological polar surface area (TPSA) is 38.8 Å². The minimum absolute atomic E-state index is 0.00112. The van der Waals surface area contributed by atoms with Crippen molar-refractivity contribution in [2.75, 3.05) is 0 Å². The maximum atomic E-state index is 12.3. The Hall–Kier alpha value is -0.570. The second-order valence-electron chi connectivity index (χ2n) is 13.7. The van der Waals surface area contributed by atoms with Gasteiger partial charge in [-0.2, -0.15) is 0 Å². The van der Waals surface area contributed by atoms with Crippen LogP contribution in [0, 0.1) is 39.9 Å². The monoisotopic (exact) mass is 444 g/mol. The largest absolute Gasteiger partial charge is 0.462 e. The van der Waals surface area contributed by atoms with E-state index in [4.69, 9.17) is 9.47 Å². The van der Waals surface area contributed by atoms with Gasteiger partial charge in [0.05, 0.1) is 0 Å². The Morgan fingerprint density at radius 2 is 1.66 bits per heavy atom. The zero-order chi connectivity index (χ0) is 23.2. The van der Waals surface area contributed by atoms with Crippen molar-refractivity contribution in [1.29, 1.82) is 0 Å². The molecule has 9 atom stereocenters. The number of cyclic esters (lactones) is 1. The summed E-state index contributed by atoms with van der Waals surface area (Å²) in [6, 6.07) is 0. The van der Waals surface area contributed by atoms with Gasteiger partial charge in [-0.15, -0.1) is 0 Å². The number of fused-ring (bicyclic) bond motifs is 2. The molecule has 0 N–H and O–H groups in total. The van der Waals surface area contributed by atoms with Crippen molar-refractivity contribution in [2.24, 2.45) is 39.9 Å². The molecule has 3 heteroatoms. The number of rotatable bonds is 5. The van der Waals surface area contributed by atoms with Crippen LogP contribution in [0.3, 0.4) is 0 Å². The first-order valence-corrected chi connectivity index (χ1v) is 13.9. The van der Waals surface area contributed by atoms with Gasteiger partial charge in [-0.05, 0) is 75.0 Å². The lowest BCUT2D eigenvalue weighted by molar-refractivity contribution is -0.151. The molecule has 0 aromatic rings. The molecule has 0 aromatic heterocycles. The number of esters is 1. The minimum Gasteiger partial charge on any atom is -0.462 e. The van der Waals surface area contributed by atoms with Crippen molar-refractivity contribution >= 4 is 5.97 Å². The third-order valence-corrected chi connectivity index (χ3v) is 12.3. The Labute approximate surface area is 196 Å². The number of epoxide rings is 1. The van der Waals surface area contributed by atoms with E-state index in [0.29, 0.717) is 17.8 Å². The molecule has 0 amide bonds. The zero-order valence-corrected chi connectivity index (χ0v) is 21.9. The molecule has 0 radical (unpaired) electrons. The normalized spacial score (nSPS) is 52.9. The zero-order valence-electron chi connectivity index (χ0n) is 21.9. The van der Waals surface area contributed by atoms with Crippen molar-refractivity contribution < 1.29 is 14.3 Å². The Bertz CT molecular complexity index is 776. The van der Waals surface area contributed by atoms with Gasteiger partial charge in [-0.1, -0.05) is 60.8 Å². The third kappa shape index (κ3) is 2.67. The first kappa shape index (κ1) is 23.2. The van der Waals surface area contributed by atoms with Crippen LogP contribution in [0.15, 0.2) is 0 Å². The van der Waals surface area contributed by atoms with Crippen LogP contribution in [0.25, 0.3) is 0 Å². The number of carbonyl (C=O) groups is 1. The van der Waals surface area contributed by atoms with E-state index >= 15 is 0 Å². The van der Waals surface area contributed by atoms with Crippen LogP contribution in [0.5, 0.6) is 0 Å². The summed E-state index contributed by atoms with van der Waals surface area (Å²) in [7, 11) is 0. The van der Waals surface area contributed by atoms with E-state index in [1.807, 2.05) is 0 Å². The van der Waals surface area contributed by atoms with Gasteiger partial charge in [0.2, 0.25) is 0 Å². The second kappa shape index (κ2) is 7.22. The summed E-state index contributed by atoms with van der Waals surface area (Å²) in [4.78, 5) is 12.3. The summed E-state index contributed by atoms with van der Waals surface area (Å²) in [5.41, 5.74) is 0.675. The highest BCUT2D eigenvalue weighted by Crippen LogP contribution is 2.85. The van der Waals surface area contributed by atoms with Gasteiger partial charge in [0, 0.05) is 23.2 Å². The van der Waals surface area contributed by atoms with Crippen LogP contribution < -0.4 is 0 Å². The van der Waals surface area contributed by atoms with E-state index in [9.17, 15) is 4.79 Å². The van der Waals surface area contributed by atoms with E-state index in [1.54, 1.807) is 0 Å². The van der Waals surface area contributed by atoms with Crippen molar-refractivity contribution in [1.82, 2.24) is 0 Å². The molecule has 0 bridgehead atoms. The molecule has 5 fully saturated rings. The highest BCUT2D eigenvalue weighted by molar-refractivity contribution is 5.70. The maximum Gasteiger partial charge on any atom is 0.306 e. The third-order valence-electron chi connectivity index (χ3n) is 12.3. The first-order chi connectivity index (χ1) is 15.0. The molecular formula is C29H48O3. The molecule has 5 rings (SSSR count). The van der Waals surface area contributed by atoms with E-state index in [-0.39, 0.29) is 34.1 Å². The lowest BCUT2D eigenvalue weighted by Gasteiger charge is -2.60. The summed E-state index contributed by atoms with van der Waals surface area (Å²) < 4.78 is 13.0. The van der Waals surface area contributed by atoms with Gasteiger partial charge in [0.25, 0.3) is 0 Å².